The molecule has 1 aliphatic carbocycles. The molecular formula is C22H33N5O3. The maximum atomic E-state index is 9.59. The fraction of sp³-hybridized carbons (Fsp3) is 0.636. The first kappa shape index (κ1) is 23.6. The van der Waals surface area contributed by atoms with Crippen molar-refractivity contribution in [1.82, 2.24) is 14.9 Å². The van der Waals surface area contributed by atoms with Gasteiger partial charge in [-0.05, 0) is 63.7 Å². The van der Waals surface area contributed by atoms with Crippen LogP contribution in [0.5, 0.6) is 6.01 Å². The van der Waals surface area contributed by atoms with Crippen molar-refractivity contribution in [2.45, 2.75) is 58.3 Å². The number of unbranched alkanes of at least 4 members (excludes halogenated alkanes) is 1. The van der Waals surface area contributed by atoms with E-state index < -0.39 is 0 Å². The minimum Gasteiger partial charge on any atom is -0.483 e. The molecule has 0 saturated carbocycles. The van der Waals surface area contributed by atoms with Gasteiger partial charge in [-0.15, -0.1) is 0 Å². The Labute approximate surface area is 178 Å². The summed E-state index contributed by atoms with van der Waals surface area (Å²) in [7, 11) is 2.19. The van der Waals surface area contributed by atoms with Crippen molar-refractivity contribution in [1.29, 1.82) is 5.26 Å². The van der Waals surface area contributed by atoms with Gasteiger partial charge in [0.1, 0.15) is 5.82 Å². The van der Waals surface area contributed by atoms with Crippen molar-refractivity contribution in [2.24, 2.45) is 5.92 Å². The van der Waals surface area contributed by atoms with Gasteiger partial charge in [0.15, 0.2) is 0 Å². The number of hydrogen-bond donors (Lipinski definition) is 2. The van der Waals surface area contributed by atoms with Crippen LogP contribution in [0.15, 0.2) is 5.57 Å². The van der Waals surface area contributed by atoms with E-state index in [2.05, 4.69) is 34.9 Å². The third kappa shape index (κ3) is 6.42. The lowest BCUT2D eigenvalue weighted by Crippen LogP contribution is -2.30. The quantitative estimate of drug-likeness (QED) is 0.489. The number of hydrogen-bond acceptors (Lipinski definition) is 7. The van der Waals surface area contributed by atoms with E-state index in [4.69, 9.17) is 20.4 Å². The molecule has 1 aromatic heterocycles. The minimum atomic E-state index is -0.250. The highest BCUT2D eigenvalue weighted by Gasteiger charge is 2.27. The van der Waals surface area contributed by atoms with Crippen molar-refractivity contribution >= 4 is 17.9 Å². The molecule has 3 N–H and O–H groups in total. The summed E-state index contributed by atoms with van der Waals surface area (Å²) in [5, 5.41) is 16.5. The van der Waals surface area contributed by atoms with Crippen molar-refractivity contribution in [2.75, 3.05) is 32.5 Å². The predicted molar refractivity (Wildman–Crippen MR) is 116 cm³/mol. The van der Waals surface area contributed by atoms with E-state index in [1.165, 1.54) is 32.4 Å². The van der Waals surface area contributed by atoms with Gasteiger partial charge in [0.25, 0.3) is 6.47 Å². The first-order valence-corrected chi connectivity index (χ1v) is 10.7. The second-order valence-electron chi connectivity index (χ2n) is 7.91. The molecule has 0 bridgehead atoms. The van der Waals surface area contributed by atoms with Gasteiger partial charge in [-0.2, -0.15) is 15.2 Å². The molecule has 0 aromatic carbocycles. The number of ether oxygens (including phenoxy) is 1. The van der Waals surface area contributed by atoms with E-state index >= 15 is 0 Å². The molecule has 0 atom stereocenters. The molecule has 0 unspecified atom stereocenters. The lowest BCUT2D eigenvalue weighted by atomic mass is 9.90. The number of likely N-dealkylation sites (tertiary alicyclic amines) is 1. The maximum absolute atomic E-state index is 9.59. The second kappa shape index (κ2) is 12.1. The molecule has 1 aliphatic heterocycles. The van der Waals surface area contributed by atoms with Crippen LogP contribution >= 0.6 is 0 Å². The summed E-state index contributed by atoms with van der Waals surface area (Å²) in [5.74, 6) is 1.25. The molecular weight excluding hydrogens is 382 g/mol. The summed E-state index contributed by atoms with van der Waals surface area (Å²) in [6, 6.07) is 2.70. The monoisotopic (exact) mass is 415 g/mol. The number of piperidine rings is 1. The zero-order valence-corrected chi connectivity index (χ0v) is 18.1. The maximum Gasteiger partial charge on any atom is 0.318 e. The van der Waals surface area contributed by atoms with Gasteiger partial charge >= 0.3 is 6.01 Å². The number of carboxylic acid groups (broad SMARTS) is 1. The molecule has 1 saturated heterocycles. The lowest BCUT2D eigenvalue weighted by molar-refractivity contribution is -0.122. The Hall–Kier alpha value is -2.66. The Morgan fingerprint density at radius 3 is 2.67 bits per heavy atom. The SMILES string of the molecule is CCCCOc1nc(N)c2c(n1)C(CCCC1CCN(C)CC1)=C(C#N)C2.O=CO. The normalized spacial score (nSPS) is 16.4. The number of carbonyl (C=O) groups is 1. The Morgan fingerprint density at radius 2 is 2.03 bits per heavy atom. The largest absolute Gasteiger partial charge is 0.483 e. The first-order valence-electron chi connectivity index (χ1n) is 10.7. The van der Waals surface area contributed by atoms with Gasteiger partial charge in [-0.25, -0.2) is 0 Å². The van der Waals surface area contributed by atoms with Crippen molar-refractivity contribution in [3.05, 3.63) is 16.8 Å². The lowest BCUT2D eigenvalue weighted by Gasteiger charge is -2.28. The molecule has 2 aliphatic rings. The van der Waals surface area contributed by atoms with Crippen LogP contribution in [0.3, 0.4) is 0 Å². The smallest absolute Gasteiger partial charge is 0.318 e. The average molecular weight is 416 g/mol. The predicted octanol–water partition coefficient (Wildman–Crippen LogP) is 3.28. The number of anilines is 1. The van der Waals surface area contributed by atoms with Crippen LogP contribution in [0.2, 0.25) is 0 Å². The van der Waals surface area contributed by atoms with Crippen molar-refractivity contribution in [3.8, 4) is 12.1 Å². The molecule has 8 heteroatoms. The van der Waals surface area contributed by atoms with E-state index in [9.17, 15) is 5.26 Å². The standard InChI is InChI=1S/C21H31N5O.CH2O2/c1-3-4-12-27-21-24-19-17(16(14-22)13-18(19)20(23)25-21)7-5-6-15-8-10-26(2)11-9-15;2-1-3/h15H,3-13H2,1-2H3,(H2,23,24,25);1H,(H,2,3). The molecule has 0 radical (unpaired) electrons. The van der Waals surface area contributed by atoms with Gasteiger partial charge in [0.05, 0.1) is 18.4 Å². The van der Waals surface area contributed by atoms with Crippen LogP contribution in [0.4, 0.5) is 5.82 Å². The van der Waals surface area contributed by atoms with Crippen LogP contribution in [-0.4, -0.2) is 53.2 Å². The Balaban J connectivity index is 0.00000101. The van der Waals surface area contributed by atoms with Gasteiger partial charge in [-0.3, -0.25) is 4.79 Å². The van der Waals surface area contributed by atoms with E-state index in [1.54, 1.807) is 0 Å². The molecule has 1 aromatic rings. The van der Waals surface area contributed by atoms with Gasteiger partial charge in [-0.1, -0.05) is 19.8 Å². The Bertz CT molecular complexity index is 780. The fourth-order valence-corrected chi connectivity index (χ4v) is 4.00. The van der Waals surface area contributed by atoms with Crippen LogP contribution < -0.4 is 10.5 Å². The third-order valence-electron chi connectivity index (χ3n) is 5.76. The van der Waals surface area contributed by atoms with Crippen LogP contribution in [0.25, 0.3) is 5.57 Å². The van der Waals surface area contributed by atoms with Gasteiger partial charge in [0, 0.05) is 17.6 Å². The topological polar surface area (TPSA) is 125 Å². The Morgan fingerprint density at radius 1 is 1.33 bits per heavy atom. The van der Waals surface area contributed by atoms with Crippen LogP contribution in [0, 0.1) is 17.2 Å². The van der Waals surface area contributed by atoms with Crippen LogP contribution in [-0.2, 0) is 11.2 Å². The highest BCUT2D eigenvalue weighted by Crippen LogP contribution is 2.38. The van der Waals surface area contributed by atoms with Crippen LogP contribution in [0.1, 0.15) is 63.1 Å². The zero-order chi connectivity index (χ0) is 21.9. The molecule has 0 spiro atoms. The summed E-state index contributed by atoms with van der Waals surface area (Å²) in [4.78, 5) is 19.7. The summed E-state index contributed by atoms with van der Waals surface area (Å²) in [5.41, 5.74) is 9.72. The highest BCUT2D eigenvalue weighted by atomic mass is 16.5. The van der Waals surface area contributed by atoms with Crippen molar-refractivity contribution in [3.63, 3.8) is 0 Å². The molecule has 164 valence electrons. The molecule has 30 heavy (non-hydrogen) atoms. The van der Waals surface area contributed by atoms with Gasteiger partial charge < -0.3 is 20.5 Å². The third-order valence-corrected chi connectivity index (χ3v) is 5.76. The summed E-state index contributed by atoms with van der Waals surface area (Å²) >= 11 is 0. The summed E-state index contributed by atoms with van der Waals surface area (Å²) in [6.07, 6.45) is 8.31. The number of allylic oxidation sites excluding steroid dienone is 2. The van der Waals surface area contributed by atoms with Crippen molar-refractivity contribution < 1.29 is 14.6 Å². The number of fused-ring (bicyclic) bond motifs is 1. The van der Waals surface area contributed by atoms with E-state index in [-0.39, 0.29) is 6.47 Å². The number of nitrogen functional groups attached to an aromatic ring is 1. The molecule has 0 amide bonds. The number of nitrogens with zero attached hydrogens (tertiary/aromatic N) is 4. The Kier molecular flexibility index (Phi) is 9.55. The molecule has 3 rings (SSSR count). The second-order valence-corrected chi connectivity index (χ2v) is 7.91. The highest BCUT2D eigenvalue weighted by molar-refractivity contribution is 5.79. The number of aromatic nitrogens is 2. The number of nitrogens with two attached hydrogens (primary N) is 1. The average Bonchev–Trinajstić information content (AvgIpc) is 3.09. The minimum absolute atomic E-state index is 0.250. The number of nitriles is 1. The summed E-state index contributed by atoms with van der Waals surface area (Å²) in [6.45, 7) is 4.85. The molecule has 2 heterocycles. The summed E-state index contributed by atoms with van der Waals surface area (Å²) < 4.78 is 5.67. The van der Waals surface area contributed by atoms with E-state index in [0.29, 0.717) is 24.9 Å². The molecule has 8 nitrogen and oxygen atoms in total. The zero-order valence-electron chi connectivity index (χ0n) is 18.1. The first-order chi connectivity index (χ1) is 14.5. The molecule has 1 fully saturated rings. The van der Waals surface area contributed by atoms with E-state index in [1.807, 2.05) is 0 Å². The van der Waals surface area contributed by atoms with E-state index in [0.717, 1.165) is 54.0 Å². The fourth-order valence-electron chi connectivity index (χ4n) is 4.00. The number of rotatable bonds is 8. The van der Waals surface area contributed by atoms with Gasteiger partial charge in [0.2, 0.25) is 0 Å².